The number of rotatable bonds is 5. The summed E-state index contributed by atoms with van der Waals surface area (Å²) >= 11 is 1.25. The smallest absolute Gasteiger partial charge is 0.313 e. The number of thioether (sulfide) groups is 1. The van der Waals surface area contributed by atoms with Crippen molar-refractivity contribution in [1.29, 1.82) is 0 Å². The highest BCUT2D eigenvalue weighted by atomic mass is 32.2. The number of carbonyl (C=O) groups is 1. The van der Waals surface area contributed by atoms with Gasteiger partial charge in [0.1, 0.15) is 5.82 Å². The topological polar surface area (TPSA) is 68.0 Å². The van der Waals surface area contributed by atoms with Gasteiger partial charge in [-0.25, -0.2) is 0 Å². The van der Waals surface area contributed by atoms with Crippen molar-refractivity contribution in [2.75, 3.05) is 5.75 Å². The molecule has 1 N–H and O–H groups in total. The van der Waals surface area contributed by atoms with E-state index in [4.69, 9.17) is 5.11 Å². The maximum atomic E-state index is 10.7. The summed E-state index contributed by atoms with van der Waals surface area (Å²) in [5.74, 6) is 0.248. The summed E-state index contributed by atoms with van der Waals surface area (Å²) in [6, 6.07) is 0. The van der Waals surface area contributed by atoms with Crippen LogP contribution >= 0.6 is 11.8 Å². The molecule has 1 saturated carbocycles. The molecular formula is C13H21N3O2S. The minimum atomic E-state index is -0.818. The van der Waals surface area contributed by atoms with Crippen molar-refractivity contribution in [2.24, 2.45) is 0 Å². The van der Waals surface area contributed by atoms with Gasteiger partial charge in [-0.1, -0.05) is 37.9 Å². The molecule has 0 bridgehead atoms. The molecule has 1 fully saturated rings. The Morgan fingerprint density at radius 3 is 2.63 bits per heavy atom. The molecule has 0 atom stereocenters. The molecule has 0 aliphatic heterocycles. The van der Waals surface area contributed by atoms with Gasteiger partial charge in [0.05, 0.1) is 5.75 Å². The fourth-order valence-electron chi connectivity index (χ4n) is 2.81. The minimum absolute atomic E-state index is 0.0366. The van der Waals surface area contributed by atoms with E-state index in [9.17, 15) is 4.79 Å². The Bertz CT molecular complexity index is 453. The largest absolute Gasteiger partial charge is 0.481 e. The Kier molecular flexibility index (Phi) is 4.50. The third kappa shape index (κ3) is 3.11. The quantitative estimate of drug-likeness (QED) is 0.841. The molecule has 1 aliphatic carbocycles. The van der Waals surface area contributed by atoms with Crippen LogP contribution in [0.15, 0.2) is 5.16 Å². The van der Waals surface area contributed by atoms with Crippen LogP contribution < -0.4 is 0 Å². The Morgan fingerprint density at radius 2 is 2.05 bits per heavy atom. The number of aromatic nitrogens is 3. The van der Waals surface area contributed by atoms with Crippen LogP contribution in [0.1, 0.15) is 51.8 Å². The highest BCUT2D eigenvalue weighted by Gasteiger charge is 2.34. The summed E-state index contributed by atoms with van der Waals surface area (Å²) in [7, 11) is 0. The molecule has 0 spiro atoms. The van der Waals surface area contributed by atoms with E-state index in [1.54, 1.807) is 0 Å². The van der Waals surface area contributed by atoms with Crippen molar-refractivity contribution in [3.8, 4) is 0 Å². The molecule has 1 heterocycles. The molecule has 1 aromatic rings. The van der Waals surface area contributed by atoms with Crippen molar-refractivity contribution in [1.82, 2.24) is 14.8 Å². The first kappa shape index (κ1) is 14.4. The fraction of sp³-hybridized carbons (Fsp3) is 0.769. The van der Waals surface area contributed by atoms with E-state index in [1.807, 2.05) is 0 Å². The average molecular weight is 283 g/mol. The maximum Gasteiger partial charge on any atom is 0.313 e. The lowest BCUT2D eigenvalue weighted by Crippen LogP contribution is -2.29. The number of hydrogen-bond acceptors (Lipinski definition) is 4. The molecule has 19 heavy (non-hydrogen) atoms. The van der Waals surface area contributed by atoms with Crippen LogP contribution in [-0.4, -0.2) is 31.6 Å². The molecule has 0 amide bonds. The number of carboxylic acids is 1. The first-order valence-corrected chi connectivity index (χ1v) is 7.83. The minimum Gasteiger partial charge on any atom is -0.481 e. The van der Waals surface area contributed by atoms with Crippen molar-refractivity contribution in [3.63, 3.8) is 0 Å². The van der Waals surface area contributed by atoms with Gasteiger partial charge in [-0.15, -0.1) is 10.2 Å². The second-order valence-corrected chi connectivity index (χ2v) is 6.30. The zero-order valence-electron chi connectivity index (χ0n) is 11.6. The SMILES string of the molecule is CCn1c(SCC(=O)O)nnc1C1(C)CCCCC1. The van der Waals surface area contributed by atoms with Gasteiger partial charge in [-0.3, -0.25) is 4.79 Å². The Labute approximate surface area is 117 Å². The first-order chi connectivity index (χ1) is 9.07. The standard InChI is InChI=1S/C13H21N3O2S/c1-3-16-11(13(2)7-5-4-6-8-13)14-15-12(16)19-9-10(17)18/h3-9H2,1-2H3,(H,17,18). The fourth-order valence-corrected chi connectivity index (χ4v) is 3.53. The van der Waals surface area contributed by atoms with E-state index in [0.29, 0.717) is 0 Å². The van der Waals surface area contributed by atoms with Gasteiger partial charge in [-0.05, 0) is 19.8 Å². The molecule has 1 aromatic heterocycles. The molecule has 2 rings (SSSR count). The van der Waals surface area contributed by atoms with Crippen molar-refractivity contribution in [3.05, 3.63) is 5.82 Å². The predicted octanol–water partition coefficient (Wildman–Crippen LogP) is 2.70. The van der Waals surface area contributed by atoms with E-state index < -0.39 is 5.97 Å². The summed E-state index contributed by atoms with van der Waals surface area (Å²) in [4.78, 5) is 10.7. The van der Waals surface area contributed by atoms with Crippen molar-refractivity contribution in [2.45, 2.75) is 63.1 Å². The van der Waals surface area contributed by atoms with Gasteiger partial charge < -0.3 is 9.67 Å². The van der Waals surface area contributed by atoms with Crippen molar-refractivity contribution < 1.29 is 9.90 Å². The molecule has 5 nitrogen and oxygen atoms in total. The van der Waals surface area contributed by atoms with Crippen LogP contribution in [0.3, 0.4) is 0 Å². The van der Waals surface area contributed by atoms with E-state index >= 15 is 0 Å². The average Bonchev–Trinajstić information content (AvgIpc) is 2.80. The maximum absolute atomic E-state index is 10.7. The van der Waals surface area contributed by atoms with E-state index in [-0.39, 0.29) is 11.2 Å². The summed E-state index contributed by atoms with van der Waals surface area (Å²) in [6.07, 6.45) is 6.08. The van der Waals surface area contributed by atoms with Crippen LogP contribution in [0.25, 0.3) is 0 Å². The van der Waals surface area contributed by atoms with Crippen LogP contribution in [0, 0.1) is 0 Å². The van der Waals surface area contributed by atoms with Crippen LogP contribution in [-0.2, 0) is 16.8 Å². The summed E-state index contributed by atoms with van der Waals surface area (Å²) in [5.41, 5.74) is 0.100. The van der Waals surface area contributed by atoms with Crippen molar-refractivity contribution >= 4 is 17.7 Å². The predicted molar refractivity (Wildman–Crippen MR) is 74.5 cm³/mol. The molecule has 1 aliphatic rings. The summed E-state index contributed by atoms with van der Waals surface area (Å²) < 4.78 is 2.08. The lowest BCUT2D eigenvalue weighted by molar-refractivity contribution is -0.133. The van der Waals surface area contributed by atoms with Crippen LogP contribution in [0.2, 0.25) is 0 Å². The van der Waals surface area contributed by atoms with Gasteiger partial charge in [0.25, 0.3) is 0 Å². The Hall–Kier alpha value is -1.04. The molecule has 0 saturated heterocycles. The first-order valence-electron chi connectivity index (χ1n) is 6.85. The molecule has 106 valence electrons. The van der Waals surface area contributed by atoms with E-state index in [0.717, 1.165) is 30.4 Å². The number of nitrogens with zero attached hydrogens (tertiary/aromatic N) is 3. The highest BCUT2D eigenvalue weighted by molar-refractivity contribution is 7.99. The second kappa shape index (κ2) is 5.94. The zero-order valence-corrected chi connectivity index (χ0v) is 12.4. The Balaban J connectivity index is 2.23. The number of aliphatic carboxylic acids is 1. The molecule has 0 radical (unpaired) electrons. The third-order valence-electron chi connectivity index (χ3n) is 3.85. The summed E-state index contributed by atoms with van der Waals surface area (Å²) in [5, 5.41) is 18.0. The van der Waals surface area contributed by atoms with Gasteiger partial charge in [0.15, 0.2) is 5.16 Å². The molecule has 0 aromatic carbocycles. The Morgan fingerprint density at radius 1 is 1.37 bits per heavy atom. The molecule has 6 heteroatoms. The van der Waals surface area contributed by atoms with E-state index in [2.05, 4.69) is 28.6 Å². The van der Waals surface area contributed by atoms with E-state index in [1.165, 1.54) is 31.0 Å². The van der Waals surface area contributed by atoms with Crippen LogP contribution in [0.4, 0.5) is 0 Å². The monoisotopic (exact) mass is 283 g/mol. The molecular weight excluding hydrogens is 262 g/mol. The second-order valence-electron chi connectivity index (χ2n) is 5.35. The van der Waals surface area contributed by atoms with Gasteiger partial charge in [0, 0.05) is 12.0 Å². The third-order valence-corrected chi connectivity index (χ3v) is 4.81. The summed E-state index contributed by atoms with van der Waals surface area (Å²) in [6.45, 7) is 5.11. The number of hydrogen-bond donors (Lipinski definition) is 1. The highest BCUT2D eigenvalue weighted by Crippen LogP contribution is 2.38. The normalized spacial score (nSPS) is 18.4. The lowest BCUT2D eigenvalue weighted by Gasteiger charge is -2.32. The van der Waals surface area contributed by atoms with Gasteiger partial charge in [-0.2, -0.15) is 0 Å². The van der Waals surface area contributed by atoms with Gasteiger partial charge >= 0.3 is 5.97 Å². The van der Waals surface area contributed by atoms with Gasteiger partial charge in [0.2, 0.25) is 0 Å². The zero-order chi connectivity index (χ0) is 13.9. The molecule has 0 unspecified atom stereocenters. The lowest BCUT2D eigenvalue weighted by atomic mass is 9.75. The van der Waals surface area contributed by atoms with Crippen LogP contribution in [0.5, 0.6) is 0 Å². The number of carboxylic acid groups (broad SMARTS) is 1.